The van der Waals surface area contributed by atoms with E-state index in [-0.39, 0.29) is 11.9 Å². The highest BCUT2D eigenvalue weighted by molar-refractivity contribution is 7.79. The number of aromatic amines is 1. The van der Waals surface area contributed by atoms with Crippen LogP contribution in [0.4, 0.5) is 10.2 Å². The largest absolute Gasteiger partial charge is 0.353 e. The van der Waals surface area contributed by atoms with Crippen molar-refractivity contribution >= 4 is 30.4 Å². The van der Waals surface area contributed by atoms with Crippen LogP contribution in [-0.2, 0) is 0 Å². The van der Waals surface area contributed by atoms with Gasteiger partial charge in [-0.05, 0) is 67.6 Å². The van der Waals surface area contributed by atoms with E-state index in [4.69, 9.17) is 10.4 Å². The normalized spacial score (nSPS) is 17.7. The van der Waals surface area contributed by atoms with Crippen molar-refractivity contribution in [1.29, 1.82) is 5.41 Å². The smallest absolute Gasteiger partial charge is 0.130 e. The summed E-state index contributed by atoms with van der Waals surface area (Å²) in [6, 6.07) is 13.3. The molecule has 0 radical (unpaired) electrons. The van der Waals surface area contributed by atoms with E-state index in [1.807, 2.05) is 35.2 Å². The first kappa shape index (κ1) is 25.9. The second kappa shape index (κ2) is 12.2. The van der Waals surface area contributed by atoms with Gasteiger partial charge in [-0.2, -0.15) is 12.6 Å². The van der Waals surface area contributed by atoms with Gasteiger partial charge >= 0.3 is 0 Å². The number of imidazole rings is 1. The van der Waals surface area contributed by atoms with E-state index >= 15 is 0 Å². The van der Waals surface area contributed by atoms with Crippen LogP contribution in [0.1, 0.15) is 37.2 Å². The third kappa shape index (κ3) is 5.96. The summed E-state index contributed by atoms with van der Waals surface area (Å²) in [7, 11) is 0. The van der Waals surface area contributed by atoms with Crippen molar-refractivity contribution in [3.8, 4) is 11.4 Å². The fourth-order valence-electron chi connectivity index (χ4n) is 4.75. The zero-order chi connectivity index (χ0) is 25.5. The van der Waals surface area contributed by atoms with E-state index in [1.54, 1.807) is 30.7 Å². The second-order valence-electron chi connectivity index (χ2n) is 8.85. The predicted molar refractivity (Wildman–Crippen MR) is 148 cm³/mol. The summed E-state index contributed by atoms with van der Waals surface area (Å²) >= 11 is 3.53. The van der Waals surface area contributed by atoms with E-state index in [1.165, 1.54) is 6.07 Å². The molecule has 190 valence electrons. The number of nitrogens with one attached hydrogen (secondary N) is 3. The molecule has 0 spiro atoms. The van der Waals surface area contributed by atoms with E-state index in [0.717, 1.165) is 61.8 Å². The van der Waals surface area contributed by atoms with Crippen molar-refractivity contribution in [3.63, 3.8) is 0 Å². The highest BCUT2D eigenvalue weighted by Gasteiger charge is 2.28. The number of aromatic nitrogens is 3. The molecule has 0 bridgehead atoms. The van der Waals surface area contributed by atoms with Crippen molar-refractivity contribution in [3.05, 3.63) is 71.9 Å². The molecule has 2 aliphatic heterocycles. The average molecular weight is 508 g/mol. The van der Waals surface area contributed by atoms with Crippen LogP contribution in [0.5, 0.6) is 0 Å². The number of benzene rings is 1. The van der Waals surface area contributed by atoms with Gasteiger partial charge in [0.15, 0.2) is 0 Å². The number of hydrogen-bond acceptors (Lipinski definition) is 6. The minimum absolute atomic E-state index is 0.0283. The SMILES string of the molecule is CCNC1CN(c2cccc(-c3cnc(/C=C\C(=N)N4CCC[C@@H]4c4cccc(F)c4)[nH]3)n2)C1.CS. The molecule has 7 nitrogen and oxygen atoms in total. The van der Waals surface area contributed by atoms with Crippen LogP contribution in [0.3, 0.4) is 0 Å². The van der Waals surface area contributed by atoms with Gasteiger partial charge in [-0.3, -0.25) is 5.41 Å². The topological polar surface area (TPSA) is 83.9 Å². The molecular formula is C27H34FN7S. The van der Waals surface area contributed by atoms with Crippen molar-refractivity contribution in [1.82, 2.24) is 25.2 Å². The molecule has 1 aromatic carbocycles. The molecule has 3 aromatic rings. The van der Waals surface area contributed by atoms with Crippen LogP contribution in [0.15, 0.2) is 54.7 Å². The van der Waals surface area contributed by atoms with Crippen LogP contribution < -0.4 is 10.2 Å². The van der Waals surface area contributed by atoms with Crippen molar-refractivity contribution in [2.75, 3.05) is 37.3 Å². The van der Waals surface area contributed by atoms with Gasteiger partial charge in [-0.25, -0.2) is 14.4 Å². The summed E-state index contributed by atoms with van der Waals surface area (Å²) in [5.74, 6) is 1.80. The van der Waals surface area contributed by atoms with Gasteiger partial charge in [-0.1, -0.05) is 25.1 Å². The number of H-pyrrole nitrogens is 1. The fourth-order valence-corrected chi connectivity index (χ4v) is 4.75. The van der Waals surface area contributed by atoms with Gasteiger partial charge in [0.1, 0.15) is 23.3 Å². The molecule has 4 heterocycles. The van der Waals surface area contributed by atoms with Gasteiger partial charge in [-0.15, -0.1) is 0 Å². The maximum atomic E-state index is 13.7. The maximum Gasteiger partial charge on any atom is 0.130 e. The van der Waals surface area contributed by atoms with Crippen molar-refractivity contribution in [2.45, 2.75) is 31.8 Å². The Balaban J connectivity index is 0.00000148. The number of rotatable bonds is 7. The maximum absolute atomic E-state index is 13.7. The van der Waals surface area contributed by atoms with E-state index in [2.05, 4.69) is 39.7 Å². The Hall–Kier alpha value is -3.17. The van der Waals surface area contributed by atoms with Crippen LogP contribution in [0, 0.1) is 11.2 Å². The van der Waals surface area contributed by atoms with Crippen molar-refractivity contribution < 1.29 is 4.39 Å². The Morgan fingerprint density at radius 3 is 2.83 bits per heavy atom. The number of halogens is 1. The summed E-state index contributed by atoms with van der Waals surface area (Å²) in [6.45, 7) is 5.83. The minimum Gasteiger partial charge on any atom is -0.353 e. The summed E-state index contributed by atoms with van der Waals surface area (Å²) in [4.78, 5) is 16.8. The Bertz CT molecular complexity index is 1190. The number of thiol groups is 1. The molecular weight excluding hydrogens is 473 g/mol. The Labute approximate surface area is 217 Å². The molecule has 2 aliphatic rings. The molecule has 1 atom stereocenters. The minimum atomic E-state index is -0.237. The Morgan fingerprint density at radius 1 is 1.25 bits per heavy atom. The lowest BCUT2D eigenvalue weighted by atomic mass is 10.0. The molecule has 3 N–H and O–H groups in total. The molecule has 2 fully saturated rings. The number of likely N-dealkylation sites (tertiary alicyclic amines) is 1. The highest BCUT2D eigenvalue weighted by atomic mass is 32.1. The van der Waals surface area contributed by atoms with Crippen LogP contribution >= 0.6 is 12.6 Å². The quantitative estimate of drug-likeness (QED) is 0.210. The summed E-state index contributed by atoms with van der Waals surface area (Å²) in [5, 5.41) is 12.0. The molecule has 0 saturated carbocycles. The molecule has 0 unspecified atom stereocenters. The van der Waals surface area contributed by atoms with Crippen LogP contribution in [0.25, 0.3) is 17.5 Å². The van der Waals surface area contributed by atoms with Gasteiger partial charge in [0, 0.05) is 25.7 Å². The highest BCUT2D eigenvalue weighted by Crippen LogP contribution is 2.32. The zero-order valence-corrected chi connectivity index (χ0v) is 21.7. The van der Waals surface area contributed by atoms with Crippen LogP contribution in [-0.4, -0.2) is 64.2 Å². The van der Waals surface area contributed by atoms with Gasteiger partial charge < -0.3 is 20.1 Å². The van der Waals surface area contributed by atoms with Gasteiger partial charge in [0.2, 0.25) is 0 Å². The summed E-state index contributed by atoms with van der Waals surface area (Å²) in [5.41, 5.74) is 2.61. The Kier molecular flexibility index (Phi) is 8.77. The lowest BCUT2D eigenvalue weighted by Crippen LogP contribution is -2.58. The lowest BCUT2D eigenvalue weighted by Gasteiger charge is -2.40. The van der Waals surface area contributed by atoms with Crippen molar-refractivity contribution in [2.24, 2.45) is 0 Å². The fraction of sp³-hybridized carbons (Fsp3) is 0.370. The summed E-state index contributed by atoms with van der Waals surface area (Å²) < 4.78 is 13.7. The second-order valence-corrected chi connectivity index (χ2v) is 8.85. The zero-order valence-electron chi connectivity index (χ0n) is 20.8. The first-order valence-corrected chi connectivity index (χ1v) is 13.2. The molecule has 2 saturated heterocycles. The van der Waals surface area contributed by atoms with E-state index in [0.29, 0.717) is 17.7 Å². The van der Waals surface area contributed by atoms with E-state index in [9.17, 15) is 4.39 Å². The number of likely N-dealkylation sites (N-methyl/N-ethyl adjacent to an activating group) is 1. The first-order chi connectivity index (χ1) is 17.6. The molecule has 9 heteroatoms. The molecule has 2 aromatic heterocycles. The number of nitrogens with zero attached hydrogens (tertiary/aromatic N) is 4. The monoisotopic (exact) mass is 507 g/mol. The third-order valence-electron chi connectivity index (χ3n) is 6.50. The van der Waals surface area contributed by atoms with Crippen LogP contribution in [0.2, 0.25) is 0 Å². The molecule has 0 aliphatic carbocycles. The molecule has 36 heavy (non-hydrogen) atoms. The van der Waals surface area contributed by atoms with Gasteiger partial charge in [0.25, 0.3) is 0 Å². The lowest BCUT2D eigenvalue weighted by molar-refractivity contribution is 0.399. The number of amidine groups is 1. The first-order valence-electron chi connectivity index (χ1n) is 12.3. The number of anilines is 1. The predicted octanol–water partition coefficient (Wildman–Crippen LogP) is 4.78. The number of pyridine rings is 1. The average Bonchev–Trinajstić information content (AvgIpc) is 3.56. The standard InChI is InChI=1S/C26H30FN7.CH4S/c1-2-29-20-16-33(17-20)26-10-4-8-21(32-26)22-15-30-25(31-22)12-11-24(28)34-13-5-9-23(34)18-6-3-7-19(27)14-18;1-2/h3-4,6-8,10-12,14-15,20,23,28-29H,2,5,9,13,16-17H2,1H3,(H,30,31);2H,1H3/b12-11-,28-24?;/t23-;/m1./s1. The Morgan fingerprint density at radius 2 is 2.06 bits per heavy atom. The molecule has 0 amide bonds. The van der Waals surface area contributed by atoms with E-state index < -0.39 is 0 Å². The third-order valence-corrected chi connectivity index (χ3v) is 6.50. The number of hydrogen-bond donors (Lipinski definition) is 4. The summed E-state index contributed by atoms with van der Waals surface area (Å²) in [6.07, 6.45) is 8.94. The van der Waals surface area contributed by atoms with Gasteiger partial charge in [0.05, 0.1) is 23.6 Å². The molecule has 5 rings (SSSR count).